The van der Waals surface area contributed by atoms with Crippen LogP contribution in [0.15, 0.2) is 48.5 Å². The third kappa shape index (κ3) is 2.99. The number of ether oxygens (including phenoxy) is 1. The number of amides is 1. The molecule has 2 aromatic rings. The van der Waals surface area contributed by atoms with E-state index in [0.29, 0.717) is 24.5 Å². The molecule has 0 unspecified atom stereocenters. The van der Waals surface area contributed by atoms with Gasteiger partial charge in [0.2, 0.25) is 5.91 Å². The predicted octanol–water partition coefficient (Wildman–Crippen LogP) is 2.97. The van der Waals surface area contributed by atoms with E-state index in [0.717, 1.165) is 24.2 Å². The minimum atomic E-state index is 0.160. The molecule has 1 saturated heterocycles. The van der Waals surface area contributed by atoms with Gasteiger partial charge in [-0.25, -0.2) is 0 Å². The highest BCUT2D eigenvalue weighted by Crippen LogP contribution is 2.30. The van der Waals surface area contributed by atoms with Crippen molar-refractivity contribution < 1.29 is 9.53 Å². The van der Waals surface area contributed by atoms with E-state index in [9.17, 15) is 4.79 Å². The van der Waals surface area contributed by atoms with Crippen LogP contribution in [0.2, 0.25) is 0 Å². The Morgan fingerprint density at radius 2 is 1.95 bits per heavy atom. The summed E-state index contributed by atoms with van der Waals surface area (Å²) in [5.74, 6) is 0.807. The lowest BCUT2D eigenvalue weighted by molar-refractivity contribution is -0.117. The average molecular weight is 282 g/mol. The van der Waals surface area contributed by atoms with Crippen LogP contribution in [-0.2, 0) is 11.4 Å². The van der Waals surface area contributed by atoms with Crippen LogP contribution < -0.4 is 15.4 Å². The van der Waals surface area contributed by atoms with Crippen molar-refractivity contribution in [3.05, 3.63) is 54.1 Å². The highest BCUT2D eigenvalue weighted by atomic mass is 16.5. The molecule has 0 atom stereocenters. The minimum Gasteiger partial charge on any atom is -0.487 e. The third-order valence-electron chi connectivity index (χ3n) is 3.62. The normalized spacial score (nSPS) is 14.5. The molecular formula is C17H18N2O2. The third-order valence-corrected chi connectivity index (χ3v) is 3.62. The summed E-state index contributed by atoms with van der Waals surface area (Å²) in [6.45, 7) is 1.25. The molecule has 0 bridgehead atoms. The molecule has 0 aromatic heterocycles. The van der Waals surface area contributed by atoms with Gasteiger partial charge < -0.3 is 15.4 Å². The van der Waals surface area contributed by atoms with Crippen LogP contribution in [0.1, 0.15) is 18.4 Å². The van der Waals surface area contributed by atoms with Crippen molar-refractivity contribution in [1.29, 1.82) is 0 Å². The molecule has 4 nitrogen and oxygen atoms in total. The number of carbonyl (C=O) groups is 1. The monoisotopic (exact) mass is 282 g/mol. The Labute approximate surface area is 124 Å². The maximum absolute atomic E-state index is 11.7. The number of rotatable bonds is 4. The number of carbonyl (C=O) groups excluding carboxylic acids is 1. The Bertz CT molecular complexity index is 640. The van der Waals surface area contributed by atoms with Crippen molar-refractivity contribution in [2.75, 3.05) is 17.2 Å². The first-order valence-electron chi connectivity index (χ1n) is 7.10. The largest absolute Gasteiger partial charge is 0.487 e. The number of hydrogen-bond acceptors (Lipinski definition) is 3. The Hall–Kier alpha value is -2.49. The first kappa shape index (κ1) is 13.5. The quantitative estimate of drug-likeness (QED) is 0.877. The second-order valence-electron chi connectivity index (χ2n) is 5.15. The number of nitrogens with zero attached hydrogens (tertiary/aromatic N) is 1. The molecule has 1 aliphatic rings. The van der Waals surface area contributed by atoms with Crippen LogP contribution in [0.3, 0.4) is 0 Å². The van der Waals surface area contributed by atoms with Gasteiger partial charge in [0.15, 0.2) is 0 Å². The van der Waals surface area contributed by atoms with Crippen LogP contribution in [0.4, 0.5) is 11.4 Å². The highest BCUT2D eigenvalue weighted by Gasteiger charge is 2.22. The van der Waals surface area contributed by atoms with Gasteiger partial charge in [-0.1, -0.05) is 30.3 Å². The van der Waals surface area contributed by atoms with Gasteiger partial charge in [-0.05, 0) is 30.2 Å². The van der Waals surface area contributed by atoms with Crippen LogP contribution in [0.25, 0.3) is 0 Å². The smallest absolute Gasteiger partial charge is 0.227 e. The summed E-state index contributed by atoms with van der Waals surface area (Å²) in [6, 6.07) is 15.5. The zero-order valence-corrected chi connectivity index (χ0v) is 11.8. The lowest BCUT2D eigenvalue weighted by Gasteiger charge is -2.17. The summed E-state index contributed by atoms with van der Waals surface area (Å²) >= 11 is 0. The number of nitrogens with two attached hydrogens (primary N) is 1. The van der Waals surface area contributed by atoms with Gasteiger partial charge in [-0.15, -0.1) is 0 Å². The Morgan fingerprint density at radius 3 is 2.62 bits per heavy atom. The zero-order valence-electron chi connectivity index (χ0n) is 11.8. The van der Waals surface area contributed by atoms with Crippen LogP contribution >= 0.6 is 0 Å². The van der Waals surface area contributed by atoms with Crippen LogP contribution in [-0.4, -0.2) is 12.5 Å². The van der Waals surface area contributed by atoms with E-state index >= 15 is 0 Å². The number of nitrogen functional groups attached to an aromatic ring is 1. The van der Waals surface area contributed by atoms with E-state index < -0.39 is 0 Å². The van der Waals surface area contributed by atoms with Crippen LogP contribution in [0.5, 0.6) is 5.75 Å². The molecule has 0 radical (unpaired) electrons. The lowest BCUT2D eigenvalue weighted by Crippen LogP contribution is -2.23. The van der Waals surface area contributed by atoms with Gasteiger partial charge in [0.05, 0.1) is 5.69 Å². The maximum Gasteiger partial charge on any atom is 0.227 e. The van der Waals surface area contributed by atoms with E-state index in [-0.39, 0.29) is 5.91 Å². The minimum absolute atomic E-state index is 0.160. The maximum atomic E-state index is 11.7. The molecule has 0 spiro atoms. The molecule has 0 saturated carbocycles. The number of hydrogen-bond donors (Lipinski definition) is 1. The van der Waals surface area contributed by atoms with E-state index in [1.165, 1.54) is 0 Å². The first-order valence-corrected chi connectivity index (χ1v) is 7.10. The van der Waals surface area contributed by atoms with E-state index in [1.54, 1.807) is 4.90 Å². The molecule has 1 fully saturated rings. The fourth-order valence-electron chi connectivity index (χ4n) is 2.49. The summed E-state index contributed by atoms with van der Waals surface area (Å²) in [4.78, 5) is 13.5. The SMILES string of the molecule is Nc1cc(N2CCCC2=O)ccc1OCc1ccccc1. The molecule has 2 N–H and O–H groups in total. The Kier molecular flexibility index (Phi) is 3.77. The Balaban J connectivity index is 1.71. The lowest BCUT2D eigenvalue weighted by atomic mass is 10.2. The second kappa shape index (κ2) is 5.87. The molecule has 21 heavy (non-hydrogen) atoms. The van der Waals surface area contributed by atoms with Crippen molar-refractivity contribution in [3.8, 4) is 5.75 Å². The topological polar surface area (TPSA) is 55.6 Å². The van der Waals surface area contributed by atoms with Crippen molar-refractivity contribution >= 4 is 17.3 Å². The Morgan fingerprint density at radius 1 is 1.14 bits per heavy atom. The average Bonchev–Trinajstić information content (AvgIpc) is 2.93. The molecular weight excluding hydrogens is 264 g/mol. The van der Waals surface area contributed by atoms with E-state index in [4.69, 9.17) is 10.5 Å². The van der Waals surface area contributed by atoms with E-state index in [2.05, 4.69) is 0 Å². The standard InChI is InChI=1S/C17H18N2O2/c18-15-11-14(19-10-4-7-17(19)20)8-9-16(15)21-12-13-5-2-1-3-6-13/h1-3,5-6,8-9,11H,4,7,10,12,18H2. The molecule has 0 aliphatic carbocycles. The van der Waals surface area contributed by atoms with E-state index in [1.807, 2.05) is 48.5 Å². The molecule has 1 amide bonds. The van der Waals surface area contributed by atoms with Gasteiger partial charge >= 0.3 is 0 Å². The summed E-state index contributed by atoms with van der Waals surface area (Å²) in [5, 5.41) is 0. The van der Waals surface area contributed by atoms with Crippen LogP contribution in [0, 0.1) is 0 Å². The molecule has 1 heterocycles. The number of benzene rings is 2. The zero-order chi connectivity index (χ0) is 14.7. The fraction of sp³-hybridized carbons (Fsp3) is 0.235. The first-order chi connectivity index (χ1) is 10.2. The molecule has 4 heteroatoms. The molecule has 3 rings (SSSR count). The van der Waals surface area contributed by atoms with Gasteiger partial charge in [0.25, 0.3) is 0 Å². The number of anilines is 2. The second-order valence-corrected chi connectivity index (χ2v) is 5.15. The summed E-state index contributed by atoms with van der Waals surface area (Å²) in [7, 11) is 0. The summed E-state index contributed by atoms with van der Waals surface area (Å²) < 4.78 is 5.74. The van der Waals surface area contributed by atoms with Crippen molar-refractivity contribution in [2.45, 2.75) is 19.4 Å². The van der Waals surface area contributed by atoms with Crippen molar-refractivity contribution in [3.63, 3.8) is 0 Å². The van der Waals surface area contributed by atoms with Gasteiger partial charge in [-0.2, -0.15) is 0 Å². The van der Waals surface area contributed by atoms with Crippen molar-refractivity contribution in [2.24, 2.45) is 0 Å². The summed E-state index contributed by atoms with van der Waals surface area (Å²) in [6.07, 6.45) is 1.52. The predicted molar refractivity (Wildman–Crippen MR) is 83.2 cm³/mol. The van der Waals surface area contributed by atoms with Crippen molar-refractivity contribution in [1.82, 2.24) is 0 Å². The highest BCUT2D eigenvalue weighted by molar-refractivity contribution is 5.95. The molecule has 1 aliphatic heterocycles. The van der Waals surface area contributed by atoms with Gasteiger partial charge in [0, 0.05) is 18.7 Å². The van der Waals surface area contributed by atoms with Gasteiger partial charge in [0.1, 0.15) is 12.4 Å². The molecule has 108 valence electrons. The fourth-order valence-corrected chi connectivity index (χ4v) is 2.49. The summed E-state index contributed by atoms with van der Waals surface area (Å²) in [5.41, 5.74) is 8.54. The molecule has 2 aromatic carbocycles. The van der Waals surface area contributed by atoms with Gasteiger partial charge in [-0.3, -0.25) is 4.79 Å².